The van der Waals surface area contributed by atoms with Crippen LogP contribution in [0.4, 0.5) is 15.3 Å². The normalized spacial score (nSPS) is 15.2. The molecule has 0 spiro atoms. The van der Waals surface area contributed by atoms with Gasteiger partial charge in [-0.05, 0) is 12.1 Å². The fraction of sp³-hybridized carbons (Fsp3) is 0.273. The Labute approximate surface area is 98.5 Å². The van der Waals surface area contributed by atoms with Crippen molar-refractivity contribution >= 4 is 17.7 Å². The molecule has 0 aromatic heterocycles. The minimum atomic E-state index is -0.729. The van der Waals surface area contributed by atoms with E-state index >= 15 is 0 Å². The van der Waals surface area contributed by atoms with Gasteiger partial charge in [0.1, 0.15) is 5.75 Å². The number of amides is 4. The number of primary amides is 1. The minimum Gasteiger partial charge on any atom is -0.495 e. The lowest BCUT2D eigenvalue weighted by atomic mass is 10.2. The molecule has 6 nitrogen and oxygen atoms in total. The first-order chi connectivity index (χ1) is 8.15. The van der Waals surface area contributed by atoms with Crippen molar-refractivity contribution in [2.75, 3.05) is 25.1 Å². The first kappa shape index (κ1) is 11.3. The van der Waals surface area contributed by atoms with Gasteiger partial charge in [0.05, 0.1) is 19.3 Å². The number of hydrogen-bond acceptors (Lipinski definition) is 3. The summed E-state index contributed by atoms with van der Waals surface area (Å²) in [5.41, 5.74) is 5.75. The van der Waals surface area contributed by atoms with Gasteiger partial charge in [0, 0.05) is 6.54 Å². The predicted octanol–water partition coefficient (Wildman–Crippen LogP) is 1.02. The van der Waals surface area contributed by atoms with Crippen LogP contribution in [0.5, 0.6) is 5.75 Å². The van der Waals surface area contributed by atoms with Crippen LogP contribution in [0.2, 0.25) is 0 Å². The number of methoxy groups -OCH3 is 1. The number of imide groups is 1. The Morgan fingerprint density at radius 1 is 1.35 bits per heavy atom. The molecular weight excluding hydrogens is 222 g/mol. The molecule has 6 heteroatoms. The van der Waals surface area contributed by atoms with E-state index in [1.54, 1.807) is 18.2 Å². The van der Waals surface area contributed by atoms with Crippen LogP contribution in [-0.2, 0) is 0 Å². The van der Waals surface area contributed by atoms with E-state index in [1.165, 1.54) is 12.0 Å². The molecule has 0 saturated carbocycles. The zero-order valence-electron chi connectivity index (χ0n) is 9.42. The minimum absolute atomic E-state index is 0.298. The molecule has 0 aliphatic carbocycles. The van der Waals surface area contributed by atoms with Gasteiger partial charge in [0.25, 0.3) is 0 Å². The van der Waals surface area contributed by atoms with Crippen LogP contribution in [0.25, 0.3) is 0 Å². The van der Waals surface area contributed by atoms with Gasteiger partial charge in [-0.2, -0.15) is 0 Å². The molecule has 17 heavy (non-hydrogen) atoms. The molecular formula is C11H13N3O3. The molecule has 1 aliphatic heterocycles. The van der Waals surface area contributed by atoms with Gasteiger partial charge in [0.15, 0.2) is 0 Å². The largest absolute Gasteiger partial charge is 0.495 e. The van der Waals surface area contributed by atoms with Crippen LogP contribution < -0.4 is 15.4 Å². The Balaban J connectivity index is 2.30. The van der Waals surface area contributed by atoms with Crippen molar-refractivity contribution in [2.45, 2.75) is 0 Å². The number of benzene rings is 1. The van der Waals surface area contributed by atoms with Gasteiger partial charge < -0.3 is 10.5 Å². The molecule has 0 bridgehead atoms. The molecule has 1 heterocycles. The highest BCUT2D eigenvalue weighted by Gasteiger charge is 2.33. The number of hydrogen-bond donors (Lipinski definition) is 1. The Bertz CT molecular complexity index is 461. The summed E-state index contributed by atoms with van der Waals surface area (Å²) in [6, 6.07) is 6.00. The molecule has 2 N–H and O–H groups in total. The summed E-state index contributed by atoms with van der Waals surface area (Å²) in [6.45, 7) is 0.717. The van der Waals surface area contributed by atoms with Gasteiger partial charge in [0.2, 0.25) is 0 Å². The Morgan fingerprint density at radius 3 is 2.65 bits per heavy atom. The van der Waals surface area contributed by atoms with Crippen LogP contribution in [0.15, 0.2) is 24.3 Å². The number of rotatable bonds is 2. The Morgan fingerprint density at radius 2 is 2.06 bits per heavy atom. The van der Waals surface area contributed by atoms with Crippen molar-refractivity contribution in [1.82, 2.24) is 4.90 Å². The smallest absolute Gasteiger partial charge is 0.332 e. The number of urea groups is 2. The average Bonchev–Trinajstić information content (AvgIpc) is 2.71. The molecule has 90 valence electrons. The van der Waals surface area contributed by atoms with Crippen molar-refractivity contribution in [1.29, 1.82) is 0 Å². The van der Waals surface area contributed by atoms with E-state index in [2.05, 4.69) is 0 Å². The van der Waals surface area contributed by atoms with Crippen molar-refractivity contribution in [3.8, 4) is 5.75 Å². The third-order valence-electron chi connectivity index (χ3n) is 2.65. The van der Waals surface area contributed by atoms with E-state index in [0.29, 0.717) is 24.5 Å². The van der Waals surface area contributed by atoms with E-state index in [1.807, 2.05) is 6.07 Å². The summed E-state index contributed by atoms with van der Waals surface area (Å²) in [6.07, 6.45) is 0. The third kappa shape index (κ3) is 1.89. The zero-order chi connectivity index (χ0) is 12.4. The van der Waals surface area contributed by atoms with E-state index in [-0.39, 0.29) is 0 Å². The molecule has 0 unspecified atom stereocenters. The lowest BCUT2D eigenvalue weighted by Crippen LogP contribution is -2.39. The predicted molar refractivity (Wildman–Crippen MR) is 62.0 cm³/mol. The third-order valence-corrected chi connectivity index (χ3v) is 2.65. The standard InChI is InChI=1S/C11H13N3O3/c1-17-9-5-3-2-4-8(9)13-6-7-14(10(12)15)11(13)16/h2-5H,6-7H2,1H3,(H2,12,15). The molecule has 2 rings (SSSR count). The number of anilines is 1. The number of ether oxygens (including phenoxy) is 1. The maximum Gasteiger partial charge on any atom is 0.332 e. The molecule has 1 aromatic rings. The summed E-state index contributed by atoms with van der Waals surface area (Å²) in [5, 5.41) is 0. The summed E-state index contributed by atoms with van der Waals surface area (Å²) in [4.78, 5) is 25.4. The van der Waals surface area contributed by atoms with Crippen molar-refractivity contribution < 1.29 is 14.3 Å². The summed E-state index contributed by atoms with van der Waals surface area (Å²) in [7, 11) is 1.53. The van der Waals surface area contributed by atoms with Gasteiger partial charge >= 0.3 is 12.1 Å². The highest BCUT2D eigenvalue weighted by atomic mass is 16.5. The monoisotopic (exact) mass is 235 g/mol. The highest BCUT2D eigenvalue weighted by molar-refractivity contribution is 6.04. The van der Waals surface area contributed by atoms with Crippen LogP contribution >= 0.6 is 0 Å². The molecule has 1 aromatic carbocycles. The quantitative estimate of drug-likeness (QED) is 0.831. The molecule has 1 aliphatic rings. The van der Waals surface area contributed by atoms with Crippen LogP contribution in [-0.4, -0.2) is 37.2 Å². The summed E-state index contributed by atoms with van der Waals surface area (Å²) >= 11 is 0. The second-order valence-corrected chi connectivity index (χ2v) is 3.60. The van der Waals surface area contributed by atoms with E-state index in [0.717, 1.165) is 4.90 Å². The van der Waals surface area contributed by atoms with Crippen molar-refractivity contribution in [3.63, 3.8) is 0 Å². The molecule has 1 saturated heterocycles. The van der Waals surface area contributed by atoms with Gasteiger partial charge in [-0.3, -0.25) is 4.90 Å². The zero-order valence-corrected chi connectivity index (χ0v) is 9.42. The van der Waals surface area contributed by atoms with Crippen molar-refractivity contribution in [2.24, 2.45) is 5.73 Å². The van der Waals surface area contributed by atoms with Gasteiger partial charge in [-0.25, -0.2) is 14.5 Å². The lowest BCUT2D eigenvalue weighted by molar-refractivity contribution is 0.206. The summed E-state index contributed by atoms with van der Waals surface area (Å²) < 4.78 is 5.17. The lowest BCUT2D eigenvalue weighted by Gasteiger charge is -2.18. The second kappa shape index (κ2) is 4.32. The second-order valence-electron chi connectivity index (χ2n) is 3.60. The maximum absolute atomic E-state index is 11.9. The maximum atomic E-state index is 11.9. The van der Waals surface area contributed by atoms with Crippen LogP contribution in [0, 0.1) is 0 Å². The highest BCUT2D eigenvalue weighted by Crippen LogP contribution is 2.30. The first-order valence-corrected chi connectivity index (χ1v) is 5.16. The molecule has 0 radical (unpaired) electrons. The number of nitrogens with two attached hydrogens (primary N) is 1. The van der Waals surface area contributed by atoms with E-state index < -0.39 is 12.1 Å². The first-order valence-electron chi connectivity index (χ1n) is 5.16. The van der Waals surface area contributed by atoms with Crippen LogP contribution in [0.1, 0.15) is 0 Å². The fourth-order valence-electron chi connectivity index (χ4n) is 1.82. The van der Waals surface area contributed by atoms with Crippen LogP contribution in [0.3, 0.4) is 0 Å². The molecule has 4 amide bonds. The molecule has 0 atom stereocenters. The Hall–Kier alpha value is -2.24. The fourth-order valence-corrected chi connectivity index (χ4v) is 1.82. The Kier molecular flexibility index (Phi) is 2.86. The van der Waals surface area contributed by atoms with Crippen molar-refractivity contribution in [3.05, 3.63) is 24.3 Å². The van der Waals surface area contributed by atoms with Gasteiger partial charge in [-0.15, -0.1) is 0 Å². The molecule has 1 fully saturated rings. The van der Waals surface area contributed by atoms with E-state index in [4.69, 9.17) is 10.5 Å². The number of nitrogens with zero attached hydrogens (tertiary/aromatic N) is 2. The average molecular weight is 235 g/mol. The van der Waals surface area contributed by atoms with E-state index in [9.17, 15) is 9.59 Å². The number of carbonyl (C=O) groups is 2. The number of carbonyl (C=O) groups excluding carboxylic acids is 2. The topological polar surface area (TPSA) is 75.9 Å². The summed E-state index contributed by atoms with van der Waals surface area (Å²) in [5.74, 6) is 0.590. The van der Waals surface area contributed by atoms with Gasteiger partial charge in [-0.1, -0.05) is 12.1 Å². The number of para-hydroxylation sites is 2. The SMILES string of the molecule is COc1ccccc1N1CCN(C(N)=O)C1=O.